The highest BCUT2D eigenvalue weighted by atomic mass is 35.5. The van der Waals surface area contributed by atoms with Crippen LogP contribution in [0.25, 0.3) is 0 Å². The van der Waals surface area contributed by atoms with Crippen molar-refractivity contribution in [2.75, 3.05) is 23.4 Å². The first kappa shape index (κ1) is 9.62. The number of hydrogen-bond acceptors (Lipinski definition) is 4. The van der Waals surface area contributed by atoms with Gasteiger partial charge in [0, 0.05) is 6.54 Å². The summed E-state index contributed by atoms with van der Waals surface area (Å²) in [5, 5.41) is 4.26. The summed E-state index contributed by atoms with van der Waals surface area (Å²) in [6.07, 6.45) is 3.02. The van der Waals surface area contributed by atoms with Crippen LogP contribution >= 0.6 is 34.7 Å². The molecule has 5 heteroatoms. The fourth-order valence-corrected chi connectivity index (χ4v) is 3.42. The van der Waals surface area contributed by atoms with Gasteiger partial charge in [-0.2, -0.15) is 11.8 Å². The highest BCUT2D eigenvalue weighted by Gasteiger charge is 2.15. The molecule has 1 fully saturated rings. The van der Waals surface area contributed by atoms with Crippen molar-refractivity contribution in [2.45, 2.75) is 6.42 Å². The molecule has 1 aromatic heterocycles. The van der Waals surface area contributed by atoms with Gasteiger partial charge in [-0.15, -0.1) is 0 Å². The first-order valence-electron chi connectivity index (χ1n) is 4.27. The number of nitrogens with zero attached hydrogens (tertiary/aromatic N) is 1. The molecular formula is C8H11ClN2S2. The third-order valence-electron chi connectivity index (χ3n) is 2.04. The molecule has 0 bridgehead atoms. The molecule has 2 nitrogen and oxygen atoms in total. The quantitative estimate of drug-likeness (QED) is 0.871. The molecule has 1 aliphatic rings. The SMILES string of the molecule is Clc1cnc(NCC2CCSC2)s1. The van der Waals surface area contributed by atoms with Gasteiger partial charge in [-0.05, 0) is 23.8 Å². The molecule has 1 aliphatic heterocycles. The zero-order valence-electron chi connectivity index (χ0n) is 7.12. The van der Waals surface area contributed by atoms with Gasteiger partial charge in [0.2, 0.25) is 0 Å². The van der Waals surface area contributed by atoms with Gasteiger partial charge in [-0.3, -0.25) is 0 Å². The maximum Gasteiger partial charge on any atom is 0.184 e. The smallest absolute Gasteiger partial charge is 0.184 e. The maximum atomic E-state index is 5.77. The molecule has 2 heterocycles. The number of aromatic nitrogens is 1. The summed E-state index contributed by atoms with van der Waals surface area (Å²) in [4.78, 5) is 4.15. The third kappa shape index (κ3) is 2.76. The summed E-state index contributed by atoms with van der Waals surface area (Å²) in [5.41, 5.74) is 0. The van der Waals surface area contributed by atoms with Crippen LogP contribution in [0.15, 0.2) is 6.20 Å². The van der Waals surface area contributed by atoms with Gasteiger partial charge in [0.15, 0.2) is 5.13 Å². The van der Waals surface area contributed by atoms with Crippen molar-refractivity contribution in [3.05, 3.63) is 10.5 Å². The van der Waals surface area contributed by atoms with Crippen LogP contribution in [0.4, 0.5) is 5.13 Å². The molecular weight excluding hydrogens is 224 g/mol. The maximum absolute atomic E-state index is 5.77. The van der Waals surface area contributed by atoms with Crippen molar-refractivity contribution in [1.82, 2.24) is 4.98 Å². The largest absolute Gasteiger partial charge is 0.361 e. The van der Waals surface area contributed by atoms with Crippen LogP contribution in [0, 0.1) is 5.92 Å². The highest BCUT2D eigenvalue weighted by Crippen LogP contribution is 2.26. The van der Waals surface area contributed by atoms with E-state index in [1.807, 2.05) is 11.8 Å². The number of nitrogens with one attached hydrogen (secondary N) is 1. The van der Waals surface area contributed by atoms with Crippen LogP contribution in [0.3, 0.4) is 0 Å². The van der Waals surface area contributed by atoms with E-state index < -0.39 is 0 Å². The first-order valence-corrected chi connectivity index (χ1v) is 6.62. The molecule has 72 valence electrons. The molecule has 1 unspecified atom stereocenters. The van der Waals surface area contributed by atoms with Crippen LogP contribution in [0.1, 0.15) is 6.42 Å². The Bertz CT molecular complexity index is 271. The first-order chi connectivity index (χ1) is 6.34. The lowest BCUT2D eigenvalue weighted by molar-refractivity contribution is 0.631. The van der Waals surface area contributed by atoms with Gasteiger partial charge in [0.25, 0.3) is 0 Å². The predicted octanol–water partition coefficient (Wildman–Crippen LogP) is 2.96. The zero-order valence-corrected chi connectivity index (χ0v) is 9.51. The molecule has 13 heavy (non-hydrogen) atoms. The lowest BCUT2D eigenvalue weighted by Crippen LogP contribution is -2.12. The Labute approximate surface area is 91.1 Å². The van der Waals surface area contributed by atoms with Crippen molar-refractivity contribution in [2.24, 2.45) is 5.92 Å². The van der Waals surface area contributed by atoms with Gasteiger partial charge in [0.1, 0.15) is 4.34 Å². The normalized spacial score (nSPS) is 22.1. The number of thioether (sulfide) groups is 1. The molecule has 0 spiro atoms. The molecule has 2 rings (SSSR count). The van der Waals surface area contributed by atoms with E-state index in [2.05, 4.69) is 10.3 Å². The van der Waals surface area contributed by atoms with Crippen LogP contribution in [0.2, 0.25) is 4.34 Å². The average molecular weight is 235 g/mol. The van der Waals surface area contributed by atoms with Crippen LogP contribution < -0.4 is 5.32 Å². The monoisotopic (exact) mass is 234 g/mol. The van der Waals surface area contributed by atoms with E-state index in [1.54, 1.807) is 6.20 Å². The van der Waals surface area contributed by atoms with Gasteiger partial charge in [-0.1, -0.05) is 22.9 Å². The van der Waals surface area contributed by atoms with E-state index in [1.165, 1.54) is 29.3 Å². The molecule has 0 amide bonds. The van der Waals surface area contributed by atoms with E-state index in [9.17, 15) is 0 Å². The average Bonchev–Trinajstić information content (AvgIpc) is 2.71. The second kappa shape index (κ2) is 4.53. The molecule has 1 N–H and O–H groups in total. The lowest BCUT2D eigenvalue weighted by Gasteiger charge is -2.07. The Morgan fingerprint density at radius 2 is 2.62 bits per heavy atom. The fraction of sp³-hybridized carbons (Fsp3) is 0.625. The number of rotatable bonds is 3. The summed E-state index contributed by atoms with van der Waals surface area (Å²) in [5.74, 6) is 3.41. The van der Waals surface area contributed by atoms with Crippen LogP contribution in [0.5, 0.6) is 0 Å². The summed E-state index contributed by atoms with van der Waals surface area (Å²) < 4.78 is 0.753. The second-order valence-electron chi connectivity index (χ2n) is 3.08. The van der Waals surface area contributed by atoms with Crippen LogP contribution in [-0.2, 0) is 0 Å². The zero-order chi connectivity index (χ0) is 9.10. The van der Waals surface area contributed by atoms with E-state index >= 15 is 0 Å². The summed E-state index contributed by atoms with van der Waals surface area (Å²) in [7, 11) is 0. The van der Waals surface area contributed by atoms with Gasteiger partial charge in [-0.25, -0.2) is 4.98 Å². The summed E-state index contributed by atoms with van der Waals surface area (Å²) >= 11 is 9.31. The van der Waals surface area contributed by atoms with Crippen molar-refractivity contribution < 1.29 is 0 Å². The van der Waals surface area contributed by atoms with Gasteiger partial charge < -0.3 is 5.32 Å². The van der Waals surface area contributed by atoms with Gasteiger partial charge in [0.05, 0.1) is 6.20 Å². The topological polar surface area (TPSA) is 24.9 Å². The Balaban J connectivity index is 1.78. The van der Waals surface area contributed by atoms with E-state index in [0.717, 1.165) is 21.9 Å². The molecule has 1 aromatic rings. The highest BCUT2D eigenvalue weighted by molar-refractivity contribution is 7.99. The third-order valence-corrected chi connectivity index (χ3v) is 4.35. The number of anilines is 1. The number of thiazole rings is 1. The Morgan fingerprint density at radius 1 is 1.69 bits per heavy atom. The predicted molar refractivity (Wildman–Crippen MR) is 61.0 cm³/mol. The molecule has 1 atom stereocenters. The summed E-state index contributed by atoms with van der Waals surface area (Å²) in [6, 6.07) is 0. The minimum atomic E-state index is 0.753. The lowest BCUT2D eigenvalue weighted by atomic mass is 10.1. The van der Waals surface area contributed by atoms with Crippen molar-refractivity contribution in [1.29, 1.82) is 0 Å². The number of hydrogen-bond donors (Lipinski definition) is 1. The van der Waals surface area contributed by atoms with Crippen molar-refractivity contribution in [3.8, 4) is 0 Å². The molecule has 0 saturated carbocycles. The number of halogens is 1. The van der Waals surface area contributed by atoms with E-state index in [0.29, 0.717) is 0 Å². The van der Waals surface area contributed by atoms with Crippen LogP contribution in [-0.4, -0.2) is 23.0 Å². The molecule has 0 aromatic carbocycles. The minimum absolute atomic E-state index is 0.753. The fourth-order valence-electron chi connectivity index (χ4n) is 1.31. The Hall–Kier alpha value is 0.0700. The Kier molecular flexibility index (Phi) is 3.35. The van der Waals surface area contributed by atoms with Crippen molar-refractivity contribution >= 4 is 39.8 Å². The summed E-state index contributed by atoms with van der Waals surface area (Å²) in [6.45, 7) is 1.04. The second-order valence-corrected chi connectivity index (χ2v) is 5.89. The molecule has 0 aliphatic carbocycles. The van der Waals surface area contributed by atoms with Crippen molar-refractivity contribution in [3.63, 3.8) is 0 Å². The van der Waals surface area contributed by atoms with E-state index in [4.69, 9.17) is 11.6 Å². The standard InChI is InChI=1S/C8H11ClN2S2/c9-7-4-11-8(13-7)10-3-6-1-2-12-5-6/h4,6H,1-3,5H2,(H,10,11). The minimum Gasteiger partial charge on any atom is -0.361 e. The molecule has 0 radical (unpaired) electrons. The van der Waals surface area contributed by atoms with Gasteiger partial charge >= 0.3 is 0 Å². The van der Waals surface area contributed by atoms with E-state index in [-0.39, 0.29) is 0 Å². The Morgan fingerprint density at radius 3 is 3.23 bits per heavy atom. The molecule has 1 saturated heterocycles.